The number of carbonyl (C=O) groups is 2. The van der Waals surface area contributed by atoms with E-state index >= 15 is 0 Å². The van der Waals surface area contributed by atoms with Gasteiger partial charge in [0.25, 0.3) is 0 Å². The summed E-state index contributed by atoms with van der Waals surface area (Å²) in [4.78, 5) is 25.7. The number of nitrogens with zero attached hydrogens (tertiary/aromatic N) is 3. The van der Waals surface area contributed by atoms with Gasteiger partial charge in [0.1, 0.15) is 23.7 Å². The van der Waals surface area contributed by atoms with E-state index in [0.717, 1.165) is 42.1 Å². The van der Waals surface area contributed by atoms with Crippen molar-refractivity contribution in [2.24, 2.45) is 11.3 Å². The molecule has 1 amide bonds. The lowest BCUT2D eigenvalue weighted by Crippen LogP contribution is -2.81. The molecule has 3 aliphatic carbocycles. The number of benzene rings is 1. The monoisotopic (exact) mass is 407 g/mol. The van der Waals surface area contributed by atoms with Gasteiger partial charge in [-0.2, -0.15) is 5.26 Å². The lowest BCUT2D eigenvalue weighted by Gasteiger charge is -2.78. The number of nitriles is 1. The second-order valence-electron chi connectivity index (χ2n) is 10.1. The molecule has 158 valence electrons. The van der Waals surface area contributed by atoms with E-state index in [9.17, 15) is 14.9 Å². The maximum atomic E-state index is 12.6. The van der Waals surface area contributed by atoms with Crippen LogP contribution in [0.2, 0.25) is 0 Å². The van der Waals surface area contributed by atoms with Gasteiger partial charge in [0.05, 0.1) is 5.54 Å². The van der Waals surface area contributed by atoms with Crippen molar-refractivity contribution >= 4 is 23.3 Å². The second kappa shape index (κ2) is 6.34. The van der Waals surface area contributed by atoms with Crippen molar-refractivity contribution < 1.29 is 14.3 Å². The van der Waals surface area contributed by atoms with Crippen LogP contribution in [-0.4, -0.2) is 40.0 Å². The summed E-state index contributed by atoms with van der Waals surface area (Å²) in [5.41, 5.74) is 2.57. The molecule has 1 aromatic heterocycles. The van der Waals surface area contributed by atoms with Gasteiger partial charge < -0.3 is 14.2 Å². The van der Waals surface area contributed by atoms with Crippen molar-refractivity contribution in [3.8, 4) is 6.07 Å². The van der Waals surface area contributed by atoms with Gasteiger partial charge in [-0.3, -0.25) is 4.79 Å². The lowest BCUT2D eigenvalue weighted by atomic mass is 9.33. The number of ether oxygens (including phenoxy) is 1. The molecule has 0 spiro atoms. The summed E-state index contributed by atoms with van der Waals surface area (Å²) in [6.07, 6.45) is 2.40. The minimum absolute atomic E-state index is 0.0745. The molecule has 0 N–H and O–H groups in total. The number of aromatic nitrogens is 1. The Hall–Kier alpha value is -2.81. The molecule has 1 atom stereocenters. The topological polar surface area (TPSA) is 75.3 Å². The molecule has 6 heteroatoms. The van der Waals surface area contributed by atoms with E-state index in [0.29, 0.717) is 17.2 Å². The highest BCUT2D eigenvalue weighted by molar-refractivity contribution is 5.92. The van der Waals surface area contributed by atoms with Crippen molar-refractivity contribution in [2.45, 2.75) is 65.1 Å². The average molecular weight is 408 g/mol. The SMILES string of the molecule is Cc1c(C=O)ccc2c1cc(C#N)n2CC12CC(N(C)C(=O)OC(C)(C)C)(C1)[C@H]2C. The quantitative estimate of drug-likeness (QED) is 0.690. The zero-order valence-corrected chi connectivity index (χ0v) is 18.6. The third-order valence-corrected chi connectivity index (χ3v) is 7.49. The zero-order chi connectivity index (χ0) is 22.1. The Labute approximate surface area is 177 Å². The van der Waals surface area contributed by atoms with Gasteiger partial charge in [-0.15, -0.1) is 0 Å². The van der Waals surface area contributed by atoms with Crippen LogP contribution in [0.3, 0.4) is 0 Å². The Bertz CT molecular complexity index is 1090. The van der Waals surface area contributed by atoms with E-state index in [2.05, 4.69) is 17.6 Å². The van der Waals surface area contributed by atoms with Crippen molar-refractivity contribution in [1.29, 1.82) is 5.26 Å². The number of hydrogen-bond acceptors (Lipinski definition) is 4. The summed E-state index contributed by atoms with van der Waals surface area (Å²) in [6.45, 7) is 10.5. The normalized spacial score (nSPS) is 27.0. The number of hydrogen-bond donors (Lipinski definition) is 0. The highest BCUT2D eigenvalue weighted by atomic mass is 16.6. The molecular weight excluding hydrogens is 378 g/mol. The van der Waals surface area contributed by atoms with Crippen molar-refractivity contribution in [3.63, 3.8) is 0 Å². The summed E-state index contributed by atoms with van der Waals surface area (Å²) in [6, 6.07) is 7.97. The molecule has 2 bridgehead atoms. The molecule has 5 rings (SSSR count). The number of rotatable bonds is 4. The fraction of sp³-hybridized carbons (Fsp3) is 0.542. The van der Waals surface area contributed by atoms with Gasteiger partial charge in [-0.1, -0.05) is 6.92 Å². The fourth-order valence-corrected chi connectivity index (χ4v) is 5.57. The number of carbonyl (C=O) groups excluding carboxylic acids is 2. The van der Waals surface area contributed by atoms with Gasteiger partial charge in [0, 0.05) is 30.1 Å². The third kappa shape index (κ3) is 2.68. The van der Waals surface area contributed by atoms with Crippen LogP contribution in [0.4, 0.5) is 4.79 Å². The highest BCUT2D eigenvalue weighted by Gasteiger charge is 2.76. The summed E-state index contributed by atoms with van der Waals surface area (Å²) < 4.78 is 7.66. The number of fused-ring (bicyclic) bond motifs is 1. The molecule has 1 aromatic carbocycles. The molecule has 6 nitrogen and oxygen atoms in total. The summed E-state index contributed by atoms with van der Waals surface area (Å²) in [7, 11) is 1.84. The van der Waals surface area contributed by atoms with Crippen molar-refractivity contribution in [2.75, 3.05) is 7.05 Å². The van der Waals surface area contributed by atoms with E-state index in [-0.39, 0.29) is 17.0 Å². The number of amides is 1. The van der Waals surface area contributed by atoms with Gasteiger partial charge in [0.15, 0.2) is 0 Å². The molecule has 1 heterocycles. The Balaban J connectivity index is 1.59. The summed E-state index contributed by atoms with van der Waals surface area (Å²) >= 11 is 0. The smallest absolute Gasteiger partial charge is 0.410 e. The van der Waals surface area contributed by atoms with Gasteiger partial charge in [0.2, 0.25) is 0 Å². The molecule has 0 saturated heterocycles. The van der Waals surface area contributed by atoms with Gasteiger partial charge in [-0.25, -0.2) is 4.79 Å². The van der Waals surface area contributed by atoms with Crippen LogP contribution in [-0.2, 0) is 11.3 Å². The predicted molar refractivity (Wildman–Crippen MR) is 114 cm³/mol. The van der Waals surface area contributed by atoms with Crippen LogP contribution in [0.1, 0.15) is 62.2 Å². The van der Waals surface area contributed by atoms with Crippen LogP contribution < -0.4 is 0 Å². The zero-order valence-electron chi connectivity index (χ0n) is 18.6. The molecule has 0 aliphatic heterocycles. The van der Waals surface area contributed by atoms with Crippen LogP contribution in [0.25, 0.3) is 10.9 Å². The molecule has 3 saturated carbocycles. The summed E-state index contributed by atoms with van der Waals surface area (Å²) in [5.74, 6) is 0.321. The van der Waals surface area contributed by atoms with E-state index in [1.54, 1.807) is 4.90 Å². The highest BCUT2D eigenvalue weighted by Crippen LogP contribution is 2.74. The minimum atomic E-state index is -0.514. The maximum Gasteiger partial charge on any atom is 0.410 e. The lowest BCUT2D eigenvalue weighted by molar-refractivity contribution is -0.269. The Morgan fingerprint density at radius 2 is 2.07 bits per heavy atom. The predicted octanol–water partition coefficient (Wildman–Crippen LogP) is 4.67. The first-order chi connectivity index (χ1) is 14.0. The minimum Gasteiger partial charge on any atom is -0.444 e. The largest absolute Gasteiger partial charge is 0.444 e. The first-order valence-electron chi connectivity index (χ1n) is 10.4. The molecular formula is C24H29N3O3. The first-order valence-corrected chi connectivity index (χ1v) is 10.4. The fourth-order valence-electron chi connectivity index (χ4n) is 5.57. The van der Waals surface area contributed by atoms with E-state index in [4.69, 9.17) is 4.74 Å². The van der Waals surface area contributed by atoms with Crippen molar-refractivity contribution in [3.05, 3.63) is 35.0 Å². The van der Waals surface area contributed by atoms with Crippen LogP contribution >= 0.6 is 0 Å². The Morgan fingerprint density at radius 3 is 2.60 bits per heavy atom. The molecule has 30 heavy (non-hydrogen) atoms. The first kappa shape index (κ1) is 20.5. The van der Waals surface area contributed by atoms with Gasteiger partial charge in [-0.05, 0) is 75.6 Å². The van der Waals surface area contributed by atoms with Gasteiger partial charge >= 0.3 is 6.09 Å². The molecule has 3 fully saturated rings. The maximum absolute atomic E-state index is 12.6. The van der Waals surface area contributed by atoms with Crippen LogP contribution in [0.15, 0.2) is 18.2 Å². The average Bonchev–Trinajstić information content (AvgIpc) is 3.01. The second-order valence-corrected chi connectivity index (χ2v) is 10.1. The Morgan fingerprint density at radius 1 is 1.40 bits per heavy atom. The van der Waals surface area contributed by atoms with E-state index in [1.165, 1.54) is 0 Å². The summed E-state index contributed by atoms with van der Waals surface area (Å²) in [5, 5.41) is 10.7. The molecule has 0 radical (unpaired) electrons. The molecule has 0 unspecified atom stereocenters. The van der Waals surface area contributed by atoms with E-state index < -0.39 is 5.60 Å². The molecule has 2 aromatic rings. The van der Waals surface area contributed by atoms with Crippen LogP contribution in [0.5, 0.6) is 0 Å². The Kier molecular flexibility index (Phi) is 4.33. The number of aldehydes is 1. The van der Waals surface area contributed by atoms with Crippen LogP contribution in [0, 0.1) is 29.6 Å². The standard InChI is InChI=1S/C24H29N3O3/c1-15-17(11-28)7-8-20-19(15)9-18(10-25)27(20)14-23-12-24(13-23,16(23)2)26(6)21(29)30-22(3,4)5/h7-9,11,16H,12-14H2,1-6H3/t16-,23?,24?/m0/s1. The van der Waals surface area contributed by atoms with E-state index in [1.807, 2.05) is 52.9 Å². The number of aryl methyl sites for hydroxylation is 1. The van der Waals surface area contributed by atoms with Crippen molar-refractivity contribution in [1.82, 2.24) is 9.47 Å². The molecule has 3 aliphatic rings. The third-order valence-electron chi connectivity index (χ3n) is 7.49.